The molecule has 2 saturated heterocycles. The van der Waals surface area contributed by atoms with Crippen LogP contribution < -0.4 is 5.32 Å². The molecular weight excluding hydrogens is 338 g/mol. The minimum atomic E-state index is -0.269. The van der Waals surface area contributed by atoms with Crippen molar-refractivity contribution in [1.29, 1.82) is 0 Å². The van der Waals surface area contributed by atoms with Crippen LogP contribution in [0, 0.1) is 6.92 Å². The van der Waals surface area contributed by atoms with Gasteiger partial charge in [-0.05, 0) is 49.6 Å². The van der Waals surface area contributed by atoms with Gasteiger partial charge in [-0.25, -0.2) is 4.79 Å². The highest BCUT2D eigenvalue weighted by molar-refractivity contribution is 7.10. The molecule has 3 amide bonds. The summed E-state index contributed by atoms with van der Waals surface area (Å²) in [5.74, 6) is 0.0907. The summed E-state index contributed by atoms with van der Waals surface area (Å²) in [6.45, 7) is 6.01. The molecule has 1 aromatic heterocycles. The number of hydrogen-bond donors (Lipinski definition) is 1. The zero-order valence-corrected chi connectivity index (χ0v) is 15.6. The van der Waals surface area contributed by atoms with Gasteiger partial charge >= 0.3 is 6.03 Å². The number of nitrogens with one attached hydrogen (secondary N) is 1. The molecule has 1 unspecified atom stereocenters. The molecule has 3 heterocycles. The summed E-state index contributed by atoms with van der Waals surface area (Å²) in [6, 6.07) is 2.08. The first-order valence-electron chi connectivity index (χ1n) is 9.11. The molecule has 3 rings (SSSR count). The number of urea groups is 1. The van der Waals surface area contributed by atoms with Crippen LogP contribution >= 0.6 is 11.3 Å². The van der Waals surface area contributed by atoms with Gasteiger partial charge < -0.3 is 19.9 Å². The lowest BCUT2D eigenvalue weighted by Gasteiger charge is -2.24. The molecule has 1 atom stereocenters. The van der Waals surface area contributed by atoms with Crippen LogP contribution in [0.1, 0.15) is 29.7 Å². The second-order valence-corrected chi connectivity index (χ2v) is 7.68. The first-order valence-corrected chi connectivity index (χ1v) is 9.99. The highest BCUT2D eigenvalue weighted by Crippen LogP contribution is 2.17. The van der Waals surface area contributed by atoms with E-state index < -0.39 is 0 Å². The Morgan fingerprint density at radius 2 is 2.04 bits per heavy atom. The second-order valence-electron chi connectivity index (χ2n) is 6.68. The van der Waals surface area contributed by atoms with Crippen LogP contribution in [0.2, 0.25) is 0 Å². The maximum Gasteiger partial charge on any atom is 0.317 e. The molecule has 138 valence electrons. The van der Waals surface area contributed by atoms with Gasteiger partial charge in [0.15, 0.2) is 0 Å². The fourth-order valence-corrected chi connectivity index (χ4v) is 4.28. The summed E-state index contributed by atoms with van der Waals surface area (Å²) in [5, 5.41) is 5.09. The van der Waals surface area contributed by atoms with E-state index in [2.05, 4.69) is 23.7 Å². The summed E-state index contributed by atoms with van der Waals surface area (Å²) < 4.78 is 5.50. The van der Waals surface area contributed by atoms with Gasteiger partial charge in [-0.3, -0.25) is 4.79 Å². The van der Waals surface area contributed by atoms with Gasteiger partial charge in [0.05, 0.1) is 0 Å². The van der Waals surface area contributed by atoms with Crippen LogP contribution in [-0.4, -0.2) is 67.2 Å². The van der Waals surface area contributed by atoms with E-state index >= 15 is 0 Å². The average molecular weight is 365 g/mol. The first-order chi connectivity index (χ1) is 12.1. The minimum absolute atomic E-state index is 0.0272. The third-order valence-corrected chi connectivity index (χ3v) is 5.98. The fraction of sp³-hybridized carbons (Fsp3) is 0.667. The van der Waals surface area contributed by atoms with Crippen LogP contribution in [0.25, 0.3) is 0 Å². The van der Waals surface area contributed by atoms with Gasteiger partial charge in [0.1, 0.15) is 6.10 Å². The molecular formula is C18H27N3O3S. The standard InChI is InChI=1S/C18H27N3O3S/c1-14-6-13-25-16(14)5-7-19-18(23)21-9-3-8-20(10-11-21)17(22)15-4-2-12-24-15/h6,13,15H,2-5,7-12H2,1H3,(H,19,23). The van der Waals surface area contributed by atoms with Crippen molar-refractivity contribution in [2.75, 3.05) is 39.3 Å². The van der Waals surface area contributed by atoms with Crippen molar-refractivity contribution in [3.8, 4) is 0 Å². The molecule has 2 aliphatic rings. The van der Waals surface area contributed by atoms with E-state index in [1.54, 1.807) is 11.3 Å². The normalized spacial score (nSPS) is 21.2. The Bertz CT molecular complexity index is 598. The molecule has 7 heteroatoms. The molecule has 2 aliphatic heterocycles. The van der Waals surface area contributed by atoms with E-state index in [-0.39, 0.29) is 18.0 Å². The van der Waals surface area contributed by atoms with Gasteiger partial charge in [0.25, 0.3) is 5.91 Å². The van der Waals surface area contributed by atoms with Crippen molar-refractivity contribution in [1.82, 2.24) is 15.1 Å². The number of ether oxygens (including phenoxy) is 1. The molecule has 0 aliphatic carbocycles. The summed E-state index contributed by atoms with van der Waals surface area (Å²) >= 11 is 1.73. The Balaban J connectivity index is 1.43. The molecule has 1 N–H and O–H groups in total. The topological polar surface area (TPSA) is 61.9 Å². The predicted octanol–water partition coefficient (Wildman–Crippen LogP) is 2.02. The third kappa shape index (κ3) is 4.73. The van der Waals surface area contributed by atoms with Gasteiger partial charge in [0.2, 0.25) is 0 Å². The van der Waals surface area contributed by atoms with Crippen molar-refractivity contribution in [2.24, 2.45) is 0 Å². The number of thiophene rings is 1. The van der Waals surface area contributed by atoms with E-state index in [0.717, 1.165) is 25.7 Å². The van der Waals surface area contributed by atoms with Gasteiger partial charge in [-0.2, -0.15) is 0 Å². The molecule has 25 heavy (non-hydrogen) atoms. The smallest absolute Gasteiger partial charge is 0.317 e. The first kappa shape index (κ1) is 18.2. The lowest BCUT2D eigenvalue weighted by Crippen LogP contribution is -2.44. The lowest BCUT2D eigenvalue weighted by atomic mass is 10.2. The van der Waals surface area contributed by atoms with Crippen molar-refractivity contribution in [3.63, 3.8) is 0 Å². The highest BCUT2D eigenvalue weighted by Gasteiger charge is 2.30. The van der Waals surface area contributed by atoms with Crippen LogP contribution in [0.15, 0.2) is 11.4 Å². The largest absolute Gasteiger partial charge is 0.368 e. The van der Waals surface area contributed by atoms with E-state index in [4.69, 9.17) is 4.74 Å². The molecule has 6 nitrogen and oxygen atoms in total. The number of carbonyl (C=O) groups excluding carboxylic acids is 2. The summed E-state index contributed by atoms with van der Waals surface area (Å²) in [4.78, 5) is 29.8. The molecule has 2 fully saturated rings. The summed E-state index contributed by atoms with van der Waals surface area (Å²) in [7, 11) is 0. The third-order valence-electron chi connectivity index (χ3n) is 4.90. The molecule has 1 aromatic rings. The fourth-order valence-electron chi connectivity index (χ4n) is 3.37. The molecule has 0 saturated carbocycles. The Labute approximate surface area is 153 Å². The number of rotatable bonds is 4. The molecule has 0 bridgehead atoms. The number of amides is 3. The van der Waals surface area contributed by atoms with Gasteiger partial charge in [-0.15, -0.1) is 11.3 Å². The SMILES string of the molecule is Cc1ccsc1CCNC(=O)N1CCCN(C(=O)C2CCCO2)CC1. The molecule has 0 aromatic carbocycles. The van der Waals surface area contributed by atoms with Crippen LogP contribution in [0.3, 0.4) is 0 Å². The van der Waals surface area contributed by atoms with Crippen molar-refractivity contribution in [2.45, 2.75) is 38.7 Å². The Morgan fingerprint density at radius 1 is 1.24 bits per heavy atom. The van der Waals surface area contributed by atoms with Gasteiger partial charge in [-0.1, -0.05) is 0 Å². The van der Waals surface area contributed by atoms with Crippen LogP contribution in [-0.2, 0) is 16.0 Å². The monoisotopic (exact) mass is 365 g/mol. The van der Waals surface area contributed by atoms with E-state index in [0.29, 0.717) is 39.3 Å². The van der Waals surface area contributed by atoms with E-state index in [1.807, 2.05) is 9.80 Å². The maximum atomic E-state index is 12.4. The summed E-state index contributed by atoms with van der Waals surface area (Å²) in [6.07, 6.45) is 3.20. The van der Waals surface area contributed by atoms with E-state index in [1.165, 1.54) is 10.4 Å². The predicted molar refractivity (Wildman–Crippen MR) is 97.9 cm³/mol. The Hall–Kier alpha value is -1.60. The molecule has 0 radical (unpaired) electrons. The number of carbonyl (C=O) groups is 2. The van der Waals surface area contributed by atoms with Crippen molar-refractivity contribution < 1.29 is 14.3 Å². The van der Waals surface area contributed by atoms with Crippen molar-refractivity contribution in [3.05, 3.63) is 21.9 Å². The Morgan fingerprint density at radius 3 is 2.76 bits per heavy atom. The van der Waals surface area contributed by atoms with Crippen LogP contribution in [0.5, 0.6) is 0 Å². The minimum Gasteiger partial charge on any atom is -0.368 e. The van der Waals surface area contributed by atoms with Crippen LogP contribution in [0.4, 0.5) is 4.79 Å². The molecule has 0 spiro atoms. The second kappa shape index (κ2) is 8.67. The zero-order chi connectivity index (χ0) is 17.6. The Kier molecular flexibility index (Phi) is 6.31. The zero-order valence-electron chi connectivity index (χ0n) is 14.8. The van der Waals surface area contributed by atoms with Crippen molar-refractivity contribution >= 4 is 23.3 Å². The quantitative estimate of drug-likeness (QED) is 0.888. The highest BCUT2D eigenvalue weighted by atomic mass is 32.1. The maximum absolute atomic E-state index is 12.4. The number of hydrogen-bond acceptors (Lipinski definition) is 4. The average Bonchev–Trinajstić information content (AvgIpc) is 3.21. The number of aryl methyl sites for hydroxylation is 1. The van der Waals surface area contributed by atoms with Gasteiger partial charge in [0, 0.05) is 44.2 Å². The number of nitrogens with zero attached hydrogens (tertiary/aromatic N) is 2. The van der Waals surface area contributed by atoms with E-state index in [9.17, 15) is 9.59 Å². The summed E-state index contributed by atoms with van der Waals surface area (Å²) in [5.41, 5.74) is 1.29. The lowest BCUT2D eigenvalue weighted by molar-refractivity contribution is -0.140.